The Bertz CT molecular complexity index is 456. The molecule has 2 rings (SSSR count). The van der Waals surface area contributed by atoms with Crippen LogP contribution in [0.15, 0.2) is 36.4 Å². The lowest BCUT2D eigenvalue weighted by atomic mass is 10.1. The molecule has 1 aliphatic rings. The van der Waals surface area contributed by atoms with Crippen molar-refractivity contribution in [2.45, 2.75) is 12.5 Å². The highest BCUT2D eigenvalue weighted by atomic mass is 16.5. The van der Waals surface area contributed by atoms with Crippen molar-refractivity contribution in [3.8, 4) is 5.75 Å². The van der Waals surface area contributed by atoms with Crippen molar-refractivity contribution < 1.29 is 14.6 Å². The highest BCUT2D eigenvalue weighted by Gasteiger charge is 2.19. The van der Waals surface area contributed by atoms with Crippen LogP contribution in [0.3, 0.4) is 0 Å². The van der Waals surface area contributed by atoms with E-state index in [9.17, 15) is 4.79 Å². The molecule has 0 fully saturated rings. The Hall–Kier alpha value is -2.01. The summed E-state index contributed by atoms with van der Waals surface area (Å²) in [4.78, 5) is 11.8. The molecular weight excluding hydrogens is 244 g/mol. The number of rotatable bonds is 4. The van der Waals surface area contributed by atoms with Gasteiger partial charge in [-0.2, -0.15) is 0 Å². The van der Waals surface area contributed by atoms with E-state index in [1.807, 2.05) is 12.2 Å². The first-order chi connectivity index (χ1) is 9.21. The molecule has 3 N–H and O–H groups in total. The molecule has 2 amide bonds. The van der Waals surface area contributed by atoms with E-state index in [4.69, 9.17) is 9.84 Å². The van der Waals surface area contributed by atoms with Gasteiger partial charge in [0, 0.05) is 24.3 Å². The van der Waals surface area contributed by atoms with Crippen molar-refractivity contribution in [3.05, 3.63) is 36.4 Å². The molecule has 0 saturated heterocycles. The third-order valence-electron chi connectivity index (χ3n) is 3.07. The predicted octanol–water partition coefficient (Wildman–Crippen LogP) is 1.75. The quantitative estimate of drug-likeness (QED) is 0.724. The third-order valence-corrected chi connectivity index (χ3v) is 3.07. The Kier molecular flexibility index (Phi) is 4.41. The second-order valence-electron chi connectivity index (χ2n) is 4.50. The molecule has 1 aromatic carbocycles. The number of carbonyl (C=O) groups is 1. The number of urea groups is 1. The van der Waals surface area contributed by atoms with Gasteiger partial charge in [-0.1, -0.05) is 12.2 Å². The molecule has 1 aliphatic carbocycles. The van der Waals surface area contributed by atoms with Gasteiger partial charge in [0.2, 0.25) is 0 Å². The van der Waals surface area contributed by atoms with E-state index in [-0.39, 0.29) is 24.6 Å². The van der Waals surface area contributed by atoms with Gasteiger partial charge < -0.3 is 20.5 Å². The summed E-state index contributed by atoms with van der Waals surface area (Å²) in [5, 5.41) is 14.6. The van der Waals surface area contributed by atoms with E-state index in [0.29, 0.717) is 5.69 Å². The van der Waals surface area contributed by atoms with E-state index in [0.717, 1.165) is 12.2 Å². The predicted molar refractivity (Wildman–Crippen MR) is 73.3 cm³/mol. The molecule has 0 aromatic heterocycles. The molecule has 0 aliphatic heterocycles. The average molecular weight is 262 g/mol. The van der Waals surface area contributed by atoms with Crippen LogP contribution in [-0.2, 0) is 0 Å². The molecule has 5 heteroatoms. The fraction of sp³-hybridized carbons (Fsp3) is 0.357. The summed E-state index contributed by atoms with van der Waals surface area (Å²) >= 11 is 0. The summed E-state index contributed by atoms with van der Waals surface area (Å²) in [6.45, 7) is 0.120. The number of aliphatic hydroxyl groups is 1. The van der Waals surface area contributed by atoms with Gasteiger partial charge >= 0.3 is 6.03 Å². The first kappa shape index (κ1) is 13.4. The van der Waals surface area contributed by atoms with Crippen LogP contribution in [0.5, 0.6) is 5.75 Å². The van der Waals surface area contributed by atoms with Crippen molar-refractivity contribution >= 4 is 11.7 Å². The molecule has 102 valence electrons. The number of anilines is 1. The number of hydrogen-bond acceptors (Lipinski definition) is 3. The van der Waals surface area contributed by atoms with Crippen molar-refractivity contribution in [2.24, 2.45) is 5.92 Å². The van der Waals surface area contributed by atoms with Crippen molar-refractivity contribution in [1.29, 1.82) is 0 Å². The Morgan fingerprint density at radius 2 is 2.11 bits per heavy atom. The van der Waals surface area contributed by atoms with Crippen molar-refractivity contribution in [2.75, 3.05) is 19.0 Å². The number of ether oxygens (including phenoxy) is 1. The van der Waals surface area contributed by atoms with Crippen LogP contribution in [0.1, 0.15) is 6.42 Å². The molecule has 19 heavy (non-hydrogen) atoms. The van der Waals surface area contributed by atoms with Crippen LogP contribution >= 0.6 is 0 Å². The van der Waals surface area contributed by atoms with Gasteiger partial charge in [-0.3, -0.25) is 0 Å². The summed E-state index contributed by atoms with van der Waals surface area (Å²) < 4.78 is 5.04. The molecule has 2 atom stereocenters. The van der Waals surface area contributed by atoms with Gasteiger partial charge in [-0.15, -0.1) is 0 Å². The van der Waals surface area contributed by atoms with Gasteiger partial charge in [-0.05, 0) is 30.7 Å². The Labute approximate surface area is 112 Å². The molecular formula is C14H18N2O3. The summed E-state index contributed by atoms with van der Waals surface area (Å²) in [6.07, 6.45) is 4.58. The molecule has 5 nitrogen and oxygen atoms in total. The zero-order valence-electron chi connectivity index (χ0n) is 10.8. The number of benzene rings is 1. The SMILES string of the molecule is COc1ccc(NC(=O)N[C@@H]2C=C[C@H](CO)C2)cc1. The second-order valence-corrected chi connectivity index (χ2v) is 4.50. The number of hydrogen-bond donors (Lipinski definition) is 3. The minimum absolute atomic E-state index is 0.0181. The smallest absolute Gasteiger partial charge is 0.319 e. The minimum Gasteiger partial charge on any atom is -0.497 e. The monoisotopic (exact) mass is 262 g/mol. The number of methoxy groups -OCH3 is 1. The van der Waals surface area contributed by atoms with Crippen LogP contribution in [0, 0.1) is 5.92 Å². The summed E-state index contributed by atoms with van der Waals surface area (Å²) in [6, 6.07) is 6.85. The lowest BCUT2D eigenvalue weighted by Crippen LogP contribution is -2.36. The molecule has 0 unspecified atom stereocenters. The molecule has 0 heterocycles. The zero-order chi connectivity index (χ0) is 13.7. The molecule has 0 saturated carbocycles. The van der Waals surface area contributed by atoms with E-state index in [1.54, 1.807) is 31.4 Å². The van der Waals surface area contributed by atoms with E-state index >= 15 is 0 Å². The standard InChI is InChI=1S/C14H18N2O3/c1-19-13-6-4-11(5-7-13)15-14(18)16-12-3-2-10(8-12)9-17/h2-7,10,12,17H,8-9H2,1H3,(H2,15,16,18)/t10-,12+/m0/s1. The van der Waals surface area contributed by atoms with Crippen LogP contribution < -0.4 is 15.4 Å². The first-order valence-electron chi connectivity index (χ1n) is 6.22. The lowest BCUT2D eigenvalue weighted by molar-refractivity contribution is 0.238. The summed E-state index contributed by atoms with van der Waals surface area (Å²) in [5.41, 5.74) is 0.707. The van der Waals surface area contributed by atoms with Crippen LogP contribution in [0.2, 0.25) is 0 Å². The third kappa shape index (κ3) is 3.72. The van der Waals surface area contributed by atoms with Crippen LogP contribution in [0.4, 0.5) is 10.5 Å². The minimum atomic E-state index is -0.251. The van der Waals surface area contributed by atoms with Crippen molar-refractivity contribution in [3.63, 3.8) is 0 Å². The van der Waals surface area contributed by atoms with E-state index in [1.165, 1.54) is 0 Å². The largest absolute Gasteiger partial charge is 0.497 e. The zero-order valence-corrected chi connectivity index (χ0v) is 10.8. The van der Waals surface area contributed by atoms with Crippen LogP contribution in [0.25, 0.3) is 0 Å². The van der Waals surface area contributed by atoms with Gasteiger partial charge in [0.25, 0.3) is 0 Å². The maximum atomic E-state index is 11.8. The Balaban J connectivity index is 1.82. The van der Waals surface area contributed by atoms with Crippen LogP contribution in [-0.4, -0.2) is 30.9 Å². The molecule has 1 aromatic rings. The first-order valence-corrected chi connectivity index (χ1v) is 6.22. The topological polar surface area (TPSA) is 70.6 Å². The Morgan fingerprint density at radius 3 is 2.68 bits per heavy atom. The van der Waals surface area contributed by atoms with Gasteiger partial charge in [0.05, 0.1) is 7.11 Å². The maximum absolute atomic E-state index is 11.8. The number of amides is 2. The maximum Gasteiger partial charge on any atom is 0.319 e. The number of carbonyl (C=O) groups excluding carboxylic acids is 1. The number of aliphatic hydroxyl groups excluding tert-OH is 1. The van der Waals surface area contributed by atoms with E-state index in [2.05, 4.69) is 10.6 Å². The highest BCUT2D eigenvalue weighted by molar-refractivity contribution is 5.89. The number of nitrogens with one attached hydrogen (secondary N) is 2. The van der Waals surface area contributed by atoms with Gasteiger partial charge in [0.15, 0.2) is 0 Å². The fourth-order valence-corrected chi connectivity index (χ4v) is 2.03. The fourth-order valence-electron chi connectivity index (χ4n) is 2.03. The highest BCUT2D eigenvalue weighted by Crippen LogP contribution is 2.18. The lowest BCUT2D eigenvalue weighted by Gasteiger charge is -2.13. The molecule has 0 radical (unpaired) electrons. The summed E-state index contributed by atoms with van der Waals surface area (Å²) in [5.74, 6) is 0.891. The average Bonchev–Trinajstić information content (AvgIpc) is 2.87. The summed E-state index contributed by atoms with van der Waals surface area (Å²) in [7, 11) is 1.60. The Morgan fingerprint density at radius 1 is 1.37 bits per heavy atom. The molecule has 0 bridgehead atoms. The van der Waals surface area contributed by atoms with Crippen molar-refractivity contribution in [1.82, 2.24) is 5.32 Å². The second kappa shape index (κ2) is 6.24. The van der Waals surface area contributed by atoms with E-state index < -0.39 is 0 Å². The van der Waals surface area contributed by atoms with Gasteiger partial charge in [-0.25, -0.2) is 4.79 Å². The normalized spacial score (nSPS) is 21.2. The molecule has 0 spiro atoms. The van der Waals surface area contributed by atoms with Gasteiger partial charge in [0.1, 0.15) is 5.75 Å².